The highest BCUT2D eigenvalue weighted by Crippen LogP contribution is 2.37. The van der Waals surface area contributed by atoms with E-state index in [2.05, 4.69) is 0 Å². The number of hydrogen-bond donors (Lipinski definition) is 1. The highest BCUT2D eigenvalue weighted by molar-refractivity contribution is 8.27. The fraction of sp³-hybridized carbons (Fsp3) is 0. The van der Waals surface area contributed by atoms with Crippen LogP contribution in [0.1, 0.15) is 5.56 Å². The van der Waals surface area contributed by atoms with E-state index in [9.17, 15) is 20.0 Å². The van der Waals surface area contributed by atoms with Crippen LogP contribution in [0.2, 0.25) is 5.02 Å². The highest BCUT2D eigenvalue weighted by Gasteiger charge is 2.33. The average Bonchev–Trinajstić information content (AvgIpc) is 2.83. The van der Waals surface area contributed by atoms with E-state index in [1.165, 1.54) is 29.2 Å². The molecular weight excluding hydrogens is 384 g/mol. The summed E-state index contributed by atoms with van der Waals surface area (Å²) in [6.45, 7) is 0. The van der Waals surface area contributed by atoms with E-state index >= 15 is 0 Å². The van der Waals surface area contributed by atoms with Gasteiger partial charge in [-0.3, -0.25) is 19.8 Å². The van der Waals surface area contributed by atoms with Gasteiger partial charge in [0.1, 0.15) is 0 Å². The van der Waals surface area contributed by atoms with Crippen molar-refractivity contribution in [2.75, 3.05) is 4.90 Å². The zero-order chi connectivity index (χ0) is 18.1. The normalized spacial score (nSPS) is 15.9. The van der Waals surface area contributed by atoms with E-state index < -0.39 is 16.4 Å². The molecule has 0 unspecified atom stereocenters. The fourth-order valence-electron chi connectivity index (χ4n) is 2.23. The van der Waals surface area contributed by atoms with E-state index in [0.29, 0.717) is 25.5 Å². The lowest BCUT2D eigenvalue weighted by atomic mass is 10.1. The number of thioether (sulfide) groups is 1. The smallest absolute Gasteiger partial charge is 0.311 e. The third-order valence-corrected chi connectivity index (χ3v) is 4.89. The molecule has 0 bridgehead atoms. The number of carbonyl (C=O) groups excluding carboxylic acids is 1. The minimum Gasteiger partial charge on any atom is -0.502 e. The summed E-state index contributed by atoms with van der Waals surface area (Å²) in [6.07, 6.45) is 1.50. The van der Waals surface area contributed by atoms with Gasteiger partial charge in [-0.05, 0) is 35.9 Å². The number of benzene rings is 2. The first-order chi connectivity index (χ1) is 11.9. The molecule has 9 heteroatoms. The molecule has 1 aliphatic heterocycles. The standard InChI is InChI=1S/C16H9ClN2O4S2/c17-10-2-1-3-11(8-10)18-15(21)14(25-16(18)24)7-9-4-5-13(20)12(6-9)19(22)23/h1-8,20H. The van der Waals surface area contributed by atoms with Crippen LogP contribution in [0, 0.1) is 10.1 Å². The number of carbonyl (C=O) groups is 1. The number of amides is 1. The third kappa shape index (κ3) is 3.51. The maximum absolute atomic E-state index is 12.6. The minimum atomic E-state index is -0.691. The lowest BCUT2D eigenvalue weighted by Gasteiger charge is -2.14. The van der Waals surface area contributed by atoms with Crippen LogP contribution in [0.3, 0.4) is 0 Å². The predicted octanol–water partition coefficient (Wildman–Crippen LogP) is 4.36. The Labute approximate surface area is 156 Å². The molecule has 6 nitrogen and oxygen atoms in total. The molecule has 1 heterocycles. The highest BCUT2D eigenvalue weighted by atomic mass is 35.5. The summed E-state index contributed by atoms with van der Waals surface area (Å²) in [4.78, 5) is 24.5. The van der Waals surface area contributed by atoms with E-state index in [1.807, 2.05) is 0 Å². The molecule has 1 amide bonds. The fourth-order valence-corrected chi connectivity index (χ4v) is 3.72. The molecule has 0 atom stereocenters. The Morgan fingerprint density at radius 1 is 1.28 bits per heavy atom. The number of halogens is 1. The van der Waals surface area contributed by atoms with Gasteiger partial charge in [-0.1, -0.05) is 47.7 Å². The molecule has 3 rings (SSSR count). The van der Waals surface area contributed by atoms with Crippen LogP contribution in [0.15, 0.2) is 47.4 Å². The van der Waals surface area contributed by atoms with Gasteiger partial charge in [-0.2, -0.15) is 0 Å². The second kappa shape index (κ2) is 6.83. The summed E-state index contributed by atoms with van der Waals surface area (Å²) < 4.78 is 0.340. The monoisotopic (exact) mass is 392 g/mol. The van der Waals surface area contributed by atoms with Crippen LogP contribution >= 0.6 is 35.6 Å². The number of thiocarbonyl (C=S) groups is 1. The lowest BCUT2D eigenvalue weighted by molar-refractivity contribution is -0.385. The molecule has 0 aliphatic carbocycles. The molecule has 2 aromatic rings. The number of hydrogen-bond acceptors (Lipinski definition) is 6. The predicted molar refractivity (Wildman–Crippen MR) is 102 cm³/mol. The number of phenols is 1. The maximum atomic E-state index is 12.6. The van der Waals surface area contributed by atoms with Gasteiger partial charge in [-0.15, -0.1) is 0 Å². The number of aromatic hydroxyl groups is 1. The molecule has 0 saturated carbocycles. The number of phenolic OH excluding ortho intramolecular Hbond substituents is 1. The Balaban J connectivity index is 1.96. The van der Waals surface area contributed by atoms with Crippen LogP contribution in [0.5, 0.6) is 5.75 Å². The number of nitro benzene ring substituents is 1. The van der Waals surface area contributed by atoms with E-state index in [4.69, 9.17) is 23.8 Å². The van der Waals surface area contributed by atoms with Gasteiger partial charge in [0, 0.05) is 11.1 Å². The van der Waals surface area contributed by atoms with Crippen molar-refractivity contribution in [3.8, 4) is 5.75 Å². The summed E-state index contributed by atoms with van der Waals surface area (Å²) in [7, 11) is 0. The number of anilines is 1. The van der Waals surface area contributed by atoms with Crippen molar-refractivity contribution in [2.45, 2.75) is 0 Å². The quantitative estimate of drug-likeness (QED) is 0.361. The van der Waals surface area contributed by atoms with Crippen molar-refractivity contribution in [3.63, 3.8) is 0 Å². The third-order valence-electron chi connectivity index (χ3n) is 3.35. The van der Waals surface area contributed by atoms with Crippen molar-refractivity contribution in [1.82, 2.24) is 0 Å². The lowest BCUT2D eigenvalue weighted by Crippen LogP contribution is -2.27. The second-order valence-electron chi connectivity index (χ2n) is 5.00. The molecule has 25 heavy (non-hydrogen) atoms. The summed E-state index contributed by atoms with van der Waals surface area (Å²) >= 11 is 12.3. The minimum absolute atomic E-state index is 0.324. The van der Waals surface area contributed by atoms with Gasteiger partial charge in [0.05, 0.1) is 15.5 Å². The van der Waals surface area contributed by atoms with Gasteiger partial charge in [0.2, 0.25) is 0 Å². The Morgan fingerprint density at radius 3 is 2.72 bits per heavy atom. The van der Waals surface area contributed by atoms with Crippen molar-refractivity contribution in [1.29, 1.82) is 0 Å². The Bertz CT molecular complexity index is 945. The number of nitrogens with zero attached hydrogens (tertiary/aromatic N) is 2. The van der Waals surface area contributed by atoms with Crippen LogP contribution in [-0.4, -0.2) is 20.3 Å². The first-order valence-corrected chi connectivity index (χ1v) is 8.48. The zero-order valence-corrected chi connectivity index (χ0v) is 14.8. The molecule has 0 spiro atoms. The van der Waals surface area contributed by atoms with Crippen LogP contribution in [0.4, 0.5) is 11.4 Å². The second-order valence-corrected chi connectivity index (χ2v) is 7.11. The SMILES string of the molecule is O=C1C(=Cc2ccc(O)c([N+](=O)[O-])c2)SC(=S)N1c1cccc(Cl)c1. The van der Waals surface area contributed by atoms with Crippen LogP contribution < -0.4 is 4.90 Å². The molecule has 126 valence electrons. The van der Waals surface area contributed by atoms with E-state index in [1.54, 1.807) is 24.3 Å². The first kappa shape index (κ1) is 17.4. The molecule has 2 aromatic carbocycles. The number of rotatable bonds is 3. The van der Waals surface area contributed by atoms with Crippen LogP contribution in [-0.2, 0) is 4.79 Å². The molecule has 1 saturated heterocycles. The molecule has 0 aromatic heterocycles. The van der Waals surface area contributed by atoms with Crippen molar-refractivity contribution in [2.24, 2.45) is 0 Å². The van der Waals surface area contributed by atoms with Crippen LogP contribution in [0.25, 0.3) is 6.08 Å². The molecular formula is C16H9ClN2O4S2. The van der Waals surface area contributed by atoms with Gasteiger partial charge in [0.15, 0.2) is 10.1 Å². The summed E-state index contributed by atoms with van der Waals surface area (Å²) in [5.41, 5.74) is 0.533. The first-order valence-electron chi connectivity index (χ1n) is 6.88. The molecule has 1 N–H and O–H groups in total. The van der Waals surface area contributed by atoms with E-state index in [-0.39, 0.29) is 5.91 Å². The van der Waals surface area contributed by atoms with Gasteiger partial charge in [0.25, 0.3) is 5.91 Å². The Hall–Kier alpha value is -2.42. The molecule has 1 fully saturated rings. The molecule has 0 radical (unpaired) electrons. The largest absolute Gasteiger partial charge is 0.502 e. The topological polar surface area (TPSA) is 83.7 Å². The van der Waals surface area contributed by atoms with Crippen molar-refractivity contribution < 1.29 is 14.8 Å². The zero-order valence-electron chi connectivity index (χ0n) is 12.4. The van der Waals surface area contributed by atoms with Crippen molar-refractivity contribution >= 4 is 63.3 Å². The average molecular weight is 393 g/mol. The Morgan fingerprint density at radius 2 is 2.04 bits per heavy atom. The summed E-state index contributed by atoms with van der Waals surface area (Å²) in [5.74, 6) is -0.776. The maximum Gasteiger partial charge on any atom is 0.311 e. The Kier molecular flexibility index (Phi) is 4.76. The summed E-state index contributed by atoms with van der Waals surface area (Å²) in [5, 5.41) is 20.9. The van der Waals surface area contributed by atoms with Gasteiger partial charge >= 0.3 is 5.69 Å². The summed E-state index contributed by atoms with van der Waals surface area (Å²) in [6, 6.07) is 10.6. The number of nitro groups is 1. The van der Waals surface area contributed by atoms with Gasteiger partial charge in [-0.25, -0.2) is 0 Å². The molecule has 1 aliphatic rings. The van der Waals surface area contributed by atoms with Crippen molar-refractivity contribution in [3.05, 3.63) is 68.1 Å². The van der Waals surface area contributed by atoms with Gasteiger partial charge < -0.3 is 5.11 Å². The van der Waals surface area contributed by atoms with E-state index in [0.717, 1.165) is 11.8 Å².